The maximum absolute atomic E-state index is 13.0. The summed E-state index contributed by atoms with van der Waals surface area (Å²) in [7, 11) is 1.39. The van der Waals surface area contributed by atoms with Crippen LogP contribution in [0.4, 0.5) is 13.2 Å². The molecule has 0 aliphatic heterocycles. The predicted molar refractivity (Wildman–Crippen MR) is 72.5 cm³/mol. The first-order valence-electron chi connectivity index (χ1n) is 6.09. The van der Waals surface area contributed by atoms with Crippen LogP contribution in [0.3, 0.4) is 0 Å². The standard InChI is InChI=1S/C13H13ClF3N3O/c1-20-12(21-9-4-2-8(14)3-5-9)10(6-7-18)11(19-20)13(15,16)17/h2-5H,6-7,18H2,1H3. The van der Waals surface area contributed by atoms with E-state index in [1.54, 1.807) is 24.3 Å². The van der Waals surface area contributed by atoms with E-state index in [4.69, 9.17) is 22.1 Å². The topological polar surface area (TPSA) is 53.1 Å². The number of alkyl halides is 3. The van der Waals surface area contributed by atoms with E-state index in [1.807, 2.05) is 0 Å². The molecule has 1 heterocycles. The molecular formula is C13H13ClF3N3O. The Hall–Kier alpha value is -1.73. The van der Waals surface area contributed by atoms with Crippen molar-refractivity contribution in [3.8, 4) is 11.6 Å². The molecule has 1 aromatic carbocycles. The van der Waals surface area contributed by atoms with Crippen LogP contribution >= 0.6 is 11.6 Å². The van der Waals surface area contributed by atoms with Crippen molar-refractivity contribution in [3.63, 3.8) is 0 Å². The van der Waals surface area contributed by atoms with E-state index >= 15 is 0 Å². The number of hydrogen-bond acceptors (Lipinski definition) is 3. The summed E-state index contributed by atoms with van der Waals surface area (Å²) in [6, 6.07) is 6.30. The molecule has 0 amide bonds. The molecule has 0 bridgehead atoms. The maximum Gasteiger partial charge on any atom is 0.435 e. The number of hydrogen-bond donors (Lipinski definition) is 1. The summed E-state index contributed by atoms with van der Waals surface area (Å²) in [6.45, 7) is 0.0613. The molecule has 2 N–H and O–H groups in total. The van der Waals surface area contributed by atoms with Crippen molar-refractivity contribution < 1.29 is 17.9 Å². The van der Waals surface area contributed by atoms with Gasteiger partial charge in [-0.2, -0.15) is 18.3 Å². The van der Waals surface area contributed by atoms with Crippen LogP contribution in [0.2, 0.25) is 5.02 Å². The number of nitrogens with two attached hydrogens (primary N) is 1. The number of nitrogens with zero attached hydrogens (tertiary/aromatic N) is 2. The molecule has 2 aromatic rings. The molecule has 4 nitrogen and oxygen atoms in total. The van der Waals surface area contributed by atoms with Crippen molar-refractivity contribution in [2.24, 2.45) is 12.8 Å². The highest BCUT2D eigenvalue weighted by molar-refractivity contribution is 6.30. The predicted octanol–water partition coefficient (Wildman–Crippen LogP) is 3.39. The van der Waals surface area contributed by atoms with Gasteiger partial charge in [-0.05, 0) is 37.2 Å². The first-order chi connectivity index (χ1) is 9.82. The molecule has 114 valence electrons. The lowest BCUT2D eigenvalue weighted by Crippen LogP contribution is -2.12. The summed E-state index contributed by atoms with van der Waals surface area (Å²) in [5.41, 5.74) is 4.36. The summed E-state index contributed by atoms with van der Waals surface area (Å²) in [4.78, 5) is 0. The van der Waals surface area contributed by atoms with Crippen LogP contribution in [0, 0.1) is 0 Å². The SMILES string of the molecule is Cn1nc(C(F)(F)F)c(CCN)c1Oc1ccc(Cl)cc1. The van der Waals surface area contributed by atoms with E-state index in [0.29, 0.717) is 10.8 Å². The summed E-state index contributed by atoms with van der Waals surface area (Å²) in [6.07, 6.45) is -4.53. The fourth-order valence-electron chi connectivity index (χ4n) is 1.89. The lowest BCUT2D eigenvalue weighted by Gasteiger charge is -2.09. The summed E-state index contributed by atoms with van der Waals surface area (Å²) < 4.78 is 45.5. The highest BCUT2D eigenvalue weighted by atomic mass is 35.5. The molecule has 0 aliphatic rings. The van der Waals surface area contributed by atoms with Crippen LogP contribution in [0.5, 0.6) is 11.6 Å². The summed E-state index contributed by atoms with van der Waals surface area (Å²) in [5, 5.41) is 4.00. The fraction of sp³-hybridized carbons (Fsp3) is 0.308. The third-order valence-electron chi connectivity index (χ3n) is 2.78. The second kappa shape index (κ2) is 5.95. The minimum atomic E-state index is -4.55. The number of halogens is 4. The third kappa shape index (κ3) is 3.48. The van der Waals surface area contributed by atoms with Gasteiger partial charge in [0.2, 0.25) is 5.88 Å². The third-order valence-corrected chi connectivity index (χ3v) is 3.03. The number of ether oxygens (including phenoxy) is 1. The molecule has 0 saturated heterocycles. The summed E-state index contributed by atoms with van der Waals surface area (Å²) >= 11 is 5.75. The Morgan fingerprint density at radius 2 is 1.90 bits per heavy atom. The molecule has 0 radical (unpaired) electrons. The zero-order chi connectivity index (χ0) is 15.6. The molecule has 0 atom stereocenters. The Kier molecular flexibility index (Phi) is 4.43. The van der Waals surface area contributed by atoms with E-state index in [9.17, 15) is 13.2 Å². The Labute approximate surface area is 124 Å². The van der Waals surface area contributed by atoms with E-state index in [2.05, 4.69) is 5.10 Å². The second-order valence-electron chi connectivity index (χ2n) is 4.35. The Morgan fingerprint density at radius 3 is 2.43 bits per heavy atom. The average Bonchev–Trinajstić information content (AvgIpc) is 2.70. The number of rotatable bonds is 4. The van der Waals surface area contributed by atoms with Crippen LogP contribution in [0.15, 0.2) is 24.3 Å². The average molecular weight is 320 g/mol. The van der Waals surface area contributed by atoms with Crippen molar-refractivity contribution in [3.05, 3.63) is 40.5 Å². The van der Waals surface area contributed by atoms with Gasteiger partial charge in [-0.15, -0.1) is 0 Å². The zero-order valence-electron chi connectivity index (χ0n) is 11.1. The smallest absolute Gasteiger partial charge is 0.435 e. The van der Waals surface area contributed by atoms with Gasteiger partial charge in [0.25, 0.3) is 0 Å². The van der Waals surface area contributed by atoms with Gasteiger partial charge < -0.3 is 10.5 Å². The second-order valence-corrected chi connectivity index (χ2v) is 4.78. The van der Waals surface area contributed by atoms with E-state index in [1.165, 1.54) is 7.05 Å². The molecule has 0 fully saturated rings. The molecule has 2 rings (SSSR count). The van der Waals surface area contributed by atoms with Gasteiger partial charge in [0.1, 0.15) is 5.75 Å². The molecule has 1 aromatic heterocycles. The van der Waals surface area contributed by atoms with Gasteiger partial charge in [0.05, 0.1) is 0 Å². The van der Waals surface area contributed by atoms with Crippen LogP contribution in [0.1, 0.15) is 11.3 Å². The minimum absolute atomic E-state index is 0.0195. The largest absolute Gasteiger partial charge is 0.439 e. The van der Waals surface area contributed by atoms with Gasteiger partial charge in [0, 0.05) is 17.6 Å². The van der Waals surface area contributed by atoms with Crippen molar-refractivity contribution in [1.29, 1.82) is 0 Å². The van der Waals surface area contributed by atoms with Crippen LogP contribution < -0.4 is 10.5 Å². The quantitative estimate of drug-likeness (QED) is 0.940. The van der Waals surface area contributed by atoms with E-state index < -0.39 is 11.9 Å². The Morgan fingerprint density at radius 1 is 1.29 bits per heavy atom. The molecule has 0 spiro atoms. The van der Waals surface area contributed by atoms with Gasteiger partial charge in [-0.1, -0.05) is 11.6 Å². The van der Waals surface area contributed by atoms with Gasteiger partial charge in [-0.3, -0.25) is 0 Å². The first kappa shape index (κ1) is 15.7. The highest BCUT2D eigenvalue weighted by Crippen LogP contribution is 2.37. The van der Waals surface area contributed by atoms with Gasteiger partial charge in [0.15, 0.2) is 5.69 Å². The Bertz CT molecular complexity index is 623. The van der Waals surface area contributed by atoms with Crippen LogP contribution in [0.25, 0.3) is 0 Å². The van der Waals surface area contributed by atoms with Crippen LogP contribution in [-0.4, -0.2) is 16.3 Å². The van der Waals surface area contributed by atoms with Crippen molar-refractivity contribution in [1.82, 2.24) is 9.78 Å². The number of aryl methyl sites for hydroxylation is 1. The number of aromatic nitrogens is 2. The minimum Gasteiger partial charge on any atom is -0.439 e. The normalized spacial score (nSPS) is 11.7. The maximum atomic E-state index is 13.0. The lowest BCUT2D eigenvalue weighted by molar-refractivity contribution is -0.142. The molecular weight excluding hydrogens is 307 g/mol. The lowest BCUT2D eigenvalue weighted by atomic mass is 10.1. The summed E-state index contributed by atoms with van der Waals surface area (Å²) in [5.74, 6) is 0.393. The molecule has 21 heavy (non-hydrogen) atoms. The molecule has 8 heteroatoms. The highest BCUT2D eigenvalue weighted by Gasteiger charge is 2.39. The van der Waals surface area contributed by atoms with E-state index in [0.717, 1.165) is 4.68 Å². The monoisotopic (exact) mass is 319 g/mol. The van der Waals surface area contributed by atoms with Crippen molar-refractivity contribution in [2.75, 3.05) is 6.54 Å². The molecule has 0 unspecified atom stereocenters. The van der Waals surface area contributed by atoms with E-state index in [-0.39, 0.29) is 24.4 Å². The first-order valence-corrected chi connectivity index (χ1v) is 6.47. The molecule has 0 saturated carbocycles. The fourth-order valence-corrected chi connectivity index (χ4v) is 2.02. The Balaban J connectivity index is 2.42. The van der Waals surface area contributed by atoms with Gasteiger partial charge in [-0.25, -0.2) is 4.68 Å². The zero-order valence-corrected chi connectivity index (χ0v) is 11.9. The number of benzene rings is 1. The van der Waals surface area contributed by atoms with Crippen molar-refractivity contribution >= 4 is 11.6 Å². The molecule has 0 aliphatic carbocycles. The van der Waals surface area contributed by atoms with Crippen LogP contribution in [-0.2, 0) is 19.6 Å². The van der Waals surface area contributed by atoms with Crippen molar-refractivity contribution in [2.45, 2.75) is 12.6 Å². The van der Waals surface area contributed by atoms with Gasteiger partial charge >= 0.3 is 6.18 Å².